The number of H-pyrrole nitrogens is 1. The SMILES string of the molecule is C=CC(=O)Nc1cccc(Oc2nc(Nc3ccn(C)n3)nc3[nH]cc(Cl)c23)c1. The normalized spacial score (nSPS) is 10.7. The van der Waals surface area contributed by atoms with E-state index in [0.717, 1.165) is 0 Å². The highest BCUT2D eigenvalue weighted by Crippen LogP contribution is 2.34. The average molecular weight is 410 g/mol. The van der Waals surface area contributed by atoms with E-state index in [1.165, 1.54) is 6.08 Å². The number of carbonyl (C=O) groups excluding carboxylic acids is 1. The summed E-state index contributed by atoms with van der Waals surface area (Å²) in [5.41, 5.74) is 1.07. The zero-order valence-corrected chi connectivity index (χ0v) is 16.1. The number of amides is 1. The Morgan fingerprint density at radius 2 is 2.21 bits per heavy atom. The fourth-order valence-corrected chi connectivity index (χ4v) is 2.86. The quantitative estimate of drug-likeness (QED) is 0.415. The Kier molecular flexibility index (Phi) is 4.88. The summed E-state index contributed by atoms with van der Waals surface area (Å²) >= 11 is 6.28. The number of aromatic nitrogens is 5. The highest BCUT2D eigenvalue weighted by molar-refractivity contribution is 6.35. The van der Waals surface area contributed by atoms with Crippen LogP contribution < -0.4 is 15.4 Å². The molecule has 0 aliphatic rings. The lowest BCUT2D eigenvalue weighted by Crippen LogP contribution is -2.07. The van der Waals surface area contributed by atoms with Gasteiger partial charge in [0, 0.05) is 37.3 Å². The molecule has 0 aliphatic heterocycles. The van der Waals surface area contributed by atoms with Crippen molar-refractivity contribution in [2.75, 3.05) is 10.6 Å². The molecular formula is C19H16ClN7O2. The first-order chi connectivity index (χ1) is 14.0. The number of hydrogen-bond acceptors (Lipinski definition) is 6. The van der Waals surface area contributed by atoms with Gasteiger partial charge in [-0.05, 0) is 18.2 Å². The van der Waals surface area contributed by atoms with Gasteiger partial charge in [0.15, 0.2) is 5.82 Å². The molecule has 0 saturated heterocycles. The van der Waals surface area contributed by atoms with Gasteiger partial charge in [-0.25, -0.2) is 0 Å². The molecule has 1 amide bonds. The molecule has 0 radical (unpaired) electrons. The van der Waals surface area contributed by atoms with Crippen LogP contribution in [0, 0.1) is 0 Å². The predicted molar refractivity (Wildman–Crippen MR) is 111 cm³/mol. The summed E-state index contributed by atoms with van der Waals surface area (Å²) in [6, 6.07) is 8.69. The first-order valence-electron chi connectivity index (χ1n) is 8.54. The predicted octanol–water partition coefficient (Wildman–Crippen LogP) is 4.01. The first kappa shape index (κ1) is 18.5. The van der Waals surface area contributed by atoms with E-state index < -0.39 is 0 Å². The molecule has 9 nitrogen and oxygen atoms in total. The zero-order chi connectivity index (χ0) is 20.4. The zero-order valence-electron chi connectivity index (χ0n) is 15.3. The highest BCUT2D eigenvalue weighted by Gasteiger charge is 2.16. The standard InChI is InChI=1S/C19H16ClN7O2/c1-3-15(28)22-11-5-4-6-12(9-11)29-18-16-13(20)10-21-17(16)24-19(25-18)23-14-7-8-27(2)26-14/h3-10H,1H2,2H3,(H,22,28)(H2,21,23,24,25,26). The van der Waals surface area contributed by atoms with E-state index in [-0.39, 0.29) is 11.8 Å². The maximum atomic E-state index is 11.5. The van der Waals surface area contributed by atoms with Gasteiger partial charge in [-0.15, -0.1) is 0 Å². The van der Waals surface area contributed by atoms with Gasteiger partial charge in [-0.2, -0.15) is 15.1 Å². The Hall–Kier alpha value is -3.85. The number of benzene rings is 1. The summed E-state index contributed by atoms with van der Waals surface area (Å²) in [6.07, 6.45) is 4.60. The number of aryl methyl sites for hydroxylation is 1. The fraction of sp³-hybridized carbons (Fsp3) is 0.0526. The van der Waals surface area contributed by atoms with Gasteiger partial charge in [0.25, 0.3) is 0 Å². The summed E-state index contributed by atoms with van der Waals surface area (Å²) in [6.45, 7) is 3.44. The van der Waals surface area contributed by atoms with Crippen LogP contribution in [-0.2, 0) is 11.8 Å². The topological polar surface area (TPSA) is 110 Å². The summed E-state index contributed by atoms with van der Waals surface area (Å²) in [5, 5.41) is 10.9. The maximum absolute atomic E-state index is 11.5. The molecule has 10 heteroatoms. The number of carbonyl (C=O) groups is 1. The average Bonchev–Trinajstić information content (AvgIpc) is 3.27. The van der Waals surface area contributed by atoms with E-state index in [9.17, 15) is 4.79 Å². The molecule has 0 atom stereocenters. The maximum Gasteiger partial charge on any atom is 0.247 e. The van der Waals surface area contributed by atoms with Crippen molar-refractivity contribution in [3.63, 3.8) is 0 Å². The van der Waals surface area contributed by atoms with Crippen molar-refractivity contribution >= 4 is 46.0 Å². The van der Waals surface area contributed by atoms with Crippen LogP contribution in [0.5, 0.6) is 11.6 Å². The minimum atomic E-state index is -0.317. The van der Waals surface area contributed by atoms with Crippen molar-refractivity contribution < 1.29 is 9.53 Å². The van der Waals surface area contributed by atoms with Crippen LogP contribution in [0.2, 0.25) is 5.02 Å². The lowest BCUT2D eigenvalue weighted by atomic mass is 10.3. The lowest BCUT2D eigenvalue weighted by molar-refractivity contribution is -0.111. The number of hydrogen-bond donors (Lipinski definition) is 3. The highest BCUT2D eigenvalue weighted by atomic mass is 35.5. The van der Waals surface area contributed by atoms with Gasteiger partial charge in [0.1, 0.15) is 16.8 Å². The molecule has 0 bridgehead atoms. The number of anilines is 3. The van der Waals surface area contributed by atoms with Gasteiger partial charge in [-0.1, -0.05) is 24.2 Å². The second-order valence-corrected chi connectivity index (χ2v) is 6.44. The van der Waals surface area contributed by atoms with Crippen LogP contribution in [0.4, 0.5) is 17.5 Å². The van der Waals surface area contributed by atoms with Crippen molar-refractivity contribution in [2.45, 2.75) is 0 Å². The summed E-state index contributed by atoms with van der Waals surface area (Å²) in [4.78, 5) is 23.4. The number of nitrogens with one attached hydrogen (secondary N) is 3. The van der Waals surface area contributed by atoms with E-state index in [1.807, 2.05) is 7.05 Å². The molecule has 146 valence electrons. The third-order valence-corrected chi connectivity index (χ3v) is 4.20. The second-order valence-electron chi connectivity index (χ2n) is 6.04. The molecular weight excluding hydrogens is 394 g/mol. The molecule has 3 heterocycles. The van der Waals surface area contributed by atoms with Gasteiger partial charge < -0.3 is 20.4 Å². The van der Waals surface area contributed by atoms with Gasteiger partial charge in [0.05, 0.1) is 5.02 Å². The molecule has 3 aromatic heterocycles. The van der Waals surface area contributed by atoms with E-state index in [1.54, 1.807) is 47.4 Å². The number of halogens is 1. The van der Waals surface area contributed by atoms with Crippen LogP contribution >= 0.6 is 11.6 Å². The monoisotopic (exact) mass is 409 g/mol. The molecule has 0 saturated carbocycles. The molecule has 0 fully saturated rings. The summed E-state index contributed by atoms with van der Waals surface area (Å²) in [5.74, 6) is 1.28. The van der Waals surface area contributed by atoms with Crippen molar-refractivity contribution in [2.24, 2.45) is 7.05 Å². The van der Waals surface area contributed by atoms with Crippen molar-refractivity contribution in [3.05, 3.63) is 60.4 Å². The summed E-state index contributed by atoms with van der Waals surface area (Å²) < 4.78 is 7.63. The molecule has 4 aromatic rings. The smallest absolute Gasteiger partial charge is 0.247 e. The Morgan fingerprint density at radius 1 is 1.34 bits per heavy atom. The van der Waals surface area contributed by atoms with Crippen LogP contribution in [0.25, 0.3) is 11.0 Å². The third-order valence-electron chi connectivity index (χ3n) is 3.91. The molecule has 0 aliphatic carbocycles. The Bertz CT molecular complexity index is 1210. The van der Waals surface area contributed by atoms with Gasteiger partial charge in [0.2, 0.25) is 17.7 Å². The molecule has 29 heavy (non-hydrogen) atoms. The second kappa shape index (κ2) is 7.64. The first-order valence-corrected chi connectivity index (χ1v) is 8.92. The van der Waals surface area contributed by atoms with Crippen molar-refractivity contribution in [1.82, 2.24) is 24.7 Å². The number of rotatable bonds is 6. The molecule has 3 N–H and O–H groups in total. The molecule has 1 aromatic carbocycles. The van der Waals surface area contributed by atoms with Crippen molar-refractivity contribution in [3.8, 4) is 11.6 Å². The number of ether oxygens (including phenoxy) is 1. The van der Waals surface area contributed by atoms with Crippen LogP contribution in [0.3, 0.4) is 0 Å². The van der Waals surface area contributed by atoms with Crippen molar-refractivity contribution in [1.29, 1.82) is 0 Å². The minimum absolute atomic E-state index is 0.256. The Balaban J connectivity index is 1.68. The molecule has 0 unspecified atom stereocenters. The van der Waals surface area contributed by atoms with Gasteiger partial charge >= 0.3 is 0 Å². The minimum Gasteiger partial charge on any atom is -0.438 e. The van der Waals surface area contributed by atoms with Crippen LogP contribution in [0.1, 0.15) is 0 Å². The largest absolute Gasteiger partial charge is 0.438 e. The van der Waals surface area contributed by atoms with Crippen LogP contribution in [-0.4, -0.2) is 30.6 Å². The van der Waals surface area contributed by atoms with Crippen LogP contribution in [0.15, 0.2) is 55.4 Å². The summed E-state index contributed by atoms with van der Waals surface area (Å²) in [7, 11) is 1.81. The Labute approximate surface area is 170 Å². The number of fused-ring (bicyclic) bond motifs is 1. The Morgan fingerprint density at radius 3 is 2.97 bits per heavy atom. The van der Waals surface area contributed by atoms with E-state index in [2.05, 4.69) is 37.3 Å². The van der Waals surface area contributed by atoms with E-state index in [0.29, 0.717) is 39.3 Å². The lowest BCUT2D eigenvalue weighted by Gasteiger charge is -2.10. The molecule has 4 rings (SSSR count). The number of nitrogens with zero attached hydrogens (tertiary/aromatic N) is 4. The molecule has 0 spiro atoms. The van der Waals surface area contributed by atoms with Gasteiger partial charge in [-0.3, -0.25) is 9.48 Å². The fourth-order valence-electron chi connectivity index (χ4n) is 2.63. The third kappa shape index (κ3) is 4.04. The van der Waals surface area contributed by atoms with E-state index >= 15 is 0 Å². The number of aromatic amines is 1. The van der Waals surface area contributed by atoms with E-state index in [4.69, 9.17) is 16.3 Å².